The highest BCUT2D eigenvalue weighted by molar-refractivity contribution is 5.31. The van der Waals surface area contributed by atoms with Gasteiger partial charge in [0.05, 0.1) is 0 Å². The molecule has 0 saturated carbocycles. The van der Waals surface area contributed by atoms with Gasteiger partial charge in [0.25, 0.3) is 0 Å². The highest BCUT2D eigenvalue weighted by Crippen LogP contribution is 2.17. The number of nitrogens with zero attached hydrogens (tertiary/aromatic N) is 1. The van der Waals surface area contributed by atoms with Crippen LogP contribution in [0, 0.1) is 6.92 Å². The third kappa shape index (κ3) is 4.29. The maximum absolute atomic E-state index is 5.94. The first-order valence-electron chi connectivity index (χ1n) is 8.65. The zero-order chi connectivity index (χ0) is 16.8. The van der Waals surface area contributed by atoms with E-state index in [-0.39, 0.29) is 0 Å². The molecule has 1 heterocycles. The fourth-order valence-corrected chi connectivity index (χ4v) is 2.91. The van der Waals surface area contributed by atoms with Gasteiger partial charge in [0.2, 0.25) is 0 Å². The maximum atomic E-state index is 5.94. The molecular formula is C22H25NO. The van der Waals surface area contributed by atoms with Crippen LogP contribution in [0.4, 0.5) is 0 Å². The van der Waals surface area contributed by atoms with E-state index in [0.717, 1.165) is 25.1 Å². The number of rotatable bonds is 7. The Kier molecular flexibility index (Phi) is 5.37. The highest BCUT2D eigenvalue weighted by Gasteiger charge is 2.02. The van der Waals surface area contributed by atoms with Gasteiger partial charge >= 0.3 is 0 Å². The lowest BCUT2D eigenvalue weighted by atomic mass is 10.0. The molecule has 0 saturated heterocycles. The Balaban J connectivity index is 1.54. The zero-order valence-corrected chi connectivity index (χ0v) is 14.5. The van der Waals surface area contributed by atoms with Crippen molar-refractivity contribution in [3.63, 3.8) is 0 Å². The first-order chi connectivity index (χ1) is 11.7. The zero-order valence-electron chi connectivity index (χ0n) is 14.5. The van der Waals surface area contributed by atoms with Gasteiger partial charge in [-0.1, -0.05) is 55.5 Å². The van der Waals surface area contributed by atoms with Gasteiger partial charge in [-0.25, -0.2) is 0 Å². The molecule has 0 aliphatic carbocycles. The van der Waals surface area contributed by atoms with E-state index in [2.05, 4.69) is 79.3 Å². The summed E-state index contributed by atoms with van der Waals surface area (Å²) in [4.78, 5) is 0. The van der Waals surface area contributed by atoms with Crippen LogP contribution in [-0.4, -0.2) is 4.57 Å². The van der Waals surface area contributed by atoms with E-state index < -0.39 is 0 Å². The molecule has 0 amide bonds. The minimum absolute atomic E-state index is 0.621. The Bertz CT molecular complexity index is 774. The molecule has 124 valence electrons. The van der Waals surface area contributed by atoms with Crippen LogP contribution >= 0.6 is 0 Å². The molecule has 0 N–H and O–H groups in total. The molecular weight excluding hydrogens is 294 g/mol. The first kappa shape index (κ1) is 16.4. The molecule has 0 spiro atoms. The van der Waals surface area contributed by atoms with Gasteiger partial charge in [0.15, 0.2) is 0 Å². The second kappa shape index (κ2) is 7.87. The Hall–Kier alpha value is -2.48. The van der Waals surface area contributed by atoms with Crippen molar-refractivity contribution in [3.05, 3.63) is 89.2 Å². The van der Waals surface area contributed by atoms with Gasteiger partial charge in [0, 0.05) is 18.9 Å². The number of benzene rings is 2. The van der Waals surface area contributed by atoms with Gasteiger partial charge in [-0.3, -0.25) is 0 Å². The largest absolute Gasteiger partial charge is 0.487 e. The van der Waals surface area contributed by atoms with Crippen LogP contribution in [0.15, 0.2) is 67.0 Å². The molecule has 0 radical (unpaired) electrons. The summed E-state index contributed by atoms with van der Waals surface area (Å²) in [5.41, 5.74) is 5.35. The van der Waals surface area contributed by atoms with Gasteiger partial charge in [-0.15, -0.1) is 0 Å². The molecule has 2 aromatic carbocycles. The molecule has 0 atom stereocenters. The fourth-order valence-electron chi connectivity index (χ4n) is 2.91. The third-order valence-electron chi connectivity index (χ3n) is 4.42. The van der Waals surface area contributed by atoms with E-state index >= 15 is 0 Å². The molecule has 0 bridgehead atoms. The molecule has 1 aromatic heterocycles. The molecule has 0 unspecified atom stereocenters. The number of hydrogen-bond acceptors (Lipinski definition) is 1. The SMILES string of the molecule is CCc1cc(COc2ccn(CCc3ccccc3)c2)ccc1C. The van der Waals surface area contributed by atoms with E-state index in [0.29, 0.717) is 6.61 Å². The van der Waals surface area contributed by atoms with E-state index in [1.807, 2.05) is 6.07 Å². The Morgan fingerprint density at radius 1 is 0.958 bits per heavy atom. The molecule has 2 heteroatoms. The third-order valence-corrected chi connectivity index (χ3v) is 4.42. The van der Waals surface area contributed by atoms with Crippen LogP contribution in [0.25, 0.3) is 0 Å². The number of hydrogen-bond donors (Lipinski definition) is 0. The second-order valence-electron chi connectivity index (χ2n) is 6.22. The van der Waals surface area contributed by atoms with Crippen molar-refractivity contribution in [2.45, 2.75) is 39.8 Å². The lowest BCUT2D eigenvalue weighted by Gasteiger charge is -2.08. The normalized spacial score (nSPS) is 10.8. The average molecular weight is 319 g/mol. The summed E-state index contributed by atoms with van der Waals surface area (Å²) in [6, 6.07) is 19.2. The molecule has 0 aliphatic rings. The summed E-state index contributed by atoms with van der Waals surface area (Å²) < 4.78 is 8.13. The van der Waals surface area contributed by atoms with Crippen molar-refractivity contribution < 1.29 is 4.74 Å². The molecule has 24 heavy (non-hydrogen) atoms. The van der Waals surface area contributed by atoms with Crippen molar-refractivity contribution in [3.8, 4) is 5.75 Å². The fraction of sp³-hybridized carbons (Fsp3) is 0.273. The molecule has 2 nitrogen and oxygen atoms in total. The smallest absolute Gasteiger partial charge is 0.137 e. The standard InChI is InChI=1S/C22H25NO/c1-3-21-15-20(10-9-18(21)2)17-24-22-12-14-23(16-22)13-11-19-7-5-4-6-8-19/h4-10,12,14-16H,3,11,13,17H2,1-2H3. The van der Waals surface area contributed by atoms with E-state index in [1.165, 1.54) is 22.3 Å². The van der Waals surface area contributed by atoms with E-state index in [1.54, 1.807) is 0 Å². The molecule has 0 aliphatic heterocycles. The Morgan fingerprint density at radius 3 is 2.58 bits per heavy atom. The van der Waals surface area contributed by atoms with Crippen molar-refractivity contribution in [1.82, 2.24) is 4.57 Å². The van der Waals surface area contributed by atoms with Crippen LogP contribution in [0.3, 0.4) is 0 Å². The topological polar surface area (TPSA) is 14.2 Å². The quantitative estimate of drug-likeness (QED) is 0.585. The number of ether oxygens (including phenoxy) is 1. The van der Waals surface area contributed by atoms with Crippen molar-refractivity contribution in [2.75, 3.05) is 0 Å². The Labute approximate surface area is 144 Å². The highest BCUT2D eigenvalue weighted by atomic mass is 16.5. The number of aromatic nitrogens is 1. The van der Waals surface area contributed by atoms with Gasteiger partial charge < -0.3 is 9.30 Å². The molecule has 0 fully saturated rings. The minimum Gasteiger partial charge on any atom is -0.487 e. The molecule has 3 rings (SSSR count). The lowest BCUT2D eigenvalue weighted by Crippen LogP contribution is -1.99. The van der Waals surface area contributed by atoms with Crippen LogP contribution in [0.1, 0.15) is 29.2 Å². The second-order valence-corrected chi connectivity index (χ2v) is 6.22. The monoisotopic (exact) mass is 319 g/mol. The minimum atomic E-state index is 0.621. The van der Waals surface area contributed by atoms with Crippen LogP contribution < -0.4 is 4.74 Å². The predicted octanol–water partition coefficient (Wildman–Crippen LogP) is 5.18. The van der Waals surface area contributed by atoms with Crippen molar-refractivity contribution >= 4 is 0 Å². The van der Waals surface area contributed by atoms with Crippen LogP contribution in [0.5, 0.6) is 5.75 Å². The lowest BCUT2D eigenvalue weighted by molar-refractivity contribution is 0.305. The summed E-state index contributed by atoms with van der Waals surface area (Å²) in [6.45, 7) is 5.95. The van der Waals surface area contributed by atoms with Crippen LogP contribution in [0.2, 0.25) is 0 Å². The molecule has 3 aromatic rings. The van der Waals surface area contributed by atoms with Gasteiger partial charge in [0.1, 0.15) is 12.4 Å². The van der Waals surface area contributed by atoms with Gasteiger partial charge in [-0.2, -0.15) is 0 Å². The predicted molar refractivity (Wildman–Crippen MR) is 99.5 cm³/mol. The summed E-state index contributed by atoms with van der Waals surface area (Å²) in [7, 11) is 0. The van der Waals surface area contributed by atoms with Crippen molar-refractivity contribution in [1.29, 1.82) is 0 Å². The maximum Gasteiger partial charge on any atom is 0.137 e. The first-order valence-corrected chi connectivity index (χ1v) is 8.65. The summed E-state index contributed by atoms with van der Waals surface area (Å²) >= 11 is 0. The van der Waals surface area contributed by atoms with Gasteiger partial charge in [-0.05, 0) is 48.1 Å². The van der Waals surface area contributed by atoms with E-state index in [9.17, 15) is 0 Å². The number of aryl methyl sites for hydroxylation is 4. The average Bonchev–Trinajstić information content (AvgIpc) is 3.08. The summed E-state index contributed by atoms with van der Waals surface area (Å²) in [5, 5.41) is 0. The van der Waals surface area contributed by atoms with Crippen molar-refractivity contribution in [2.24, 2.45) is 0 Å². The summed E-state index contributed by atoms with van der Waals surface area (Å²) in [5.74, 6) is 0.932. The Morgan fingerprint density at radius 2 is 1.79 bits per heavy atom. The summed E-state index contributed by atoms with van der Waals surface area (Å²) in [6.07, 6.45) is 6.27. The van der Waals surface area contributed by atoms with Crippen LogP contribution in [-0.2, 0) is 26.0 Å². The van der Waals surface area contributed by atoms with E-state index in [4.69, 9.17) is 4.74 Å².